The molecule has 1 unspecified atom stereocenters. The number of carbonyl (C=O) groups is 1. The second kappa shape index (κ2) is 5.36. The smallest absolute Gasteiger partial charge is 0.257 e. The van der Waals surface area contributed by atoms with Crippen LogP contribution in [0.4, 0.5) is 0 Å². The van der Waals surface area contributed by atoms with E-state index in [1.165, 1.54) is 0 Å². The maximum Gasteiger partial charge on any atom is 0.257 e. The van der Waals surface area contributed by atoms with Gasteiger partial charge < -0.3 is 14.6 Å². The van der Waals surface area contributed by atoms with Gasteiger partial charge in [-0.15, -0.1) is 0 Å². The van der Waals surface area contributed by atoms with Crippen LogP contribution in [0.1, 0.15) is 35.9 Å². The number of aryl methyl sites for hydroxylation is 1. The average molecular weight is 236 g/mol. The van der Waals surface area contributed by atoms with Crippen LogP contribution in [-0.2, 0) is 0 Å². The minimum absolute atomic E-state index is 0.0948. The first-order valence-corrected chi connectivity index (χ1v) is 6.29. The van der Waals surface area contributed by atoms with Gasteiger partial charge >= 0.3 is 0 Å². The fourth-order valence-corrected chi connectivity index (χ4v) is 2.32. The van der Waals surface area contributed by atoms with Crippen molar-refractivity contribution in [3.05, 3.63) is 23.7 Å². The van der Waals surface area contributed by atoms with Gasteiger partial charge in [0.1, 0.15) is 12.0 Å². The Labute approximate surface area is 102 Å². The molecule has 0 spiro atoms. The summed E-state index contributed by atoms with van der Waals surface area (Å²) in [5.41, 5.74) is 0.669. The summed E-state index contributed by atoms with van der Waals surface area (Å²) in [6.07, 6.45) is 3.59. The molecule has 94 valence electrons. The third-order valence-corrected chi connectivity index (χ3v) is 3.18. The van der Waals surface area contributed by atoms with E-state index in [9.17, 15) is 4.79 Å². The summed E-state index contributed by atoms with van der Waals surface area (Å²) in [5, 5.41) is 3.31. The molecule has 2 rings (SSSR count). The van der Waals surface area contributed by atoms with Gasteiger partial charge in [-0.1, -0.05) is 6.92 Å². The van der Waals surface area contributed by atoms with Crippen molar-refractivity contribution in [1.29, 1.82) is 0 Å². The Bertz CT molecular complexity index is 381. The highest BCUT2D eigenvalue weighted by molar-refractivity contribution is 5.94. The molecule has 1 aromatic heterocycles. The van der Waals surface area contributed by atoms with Crippen molar-refractivity contribution in [2.24, 2.45) is 0 Å². The number of nitrogens with one attached hydrogen (secondary N) is 1. The van der Waals surface area contributed by atoms with Gasteiger partial charge in [0.2, 0.25) is 0 Å². The molecule has 2 heterocycles. The maximum atomic E-state index is 12.4. The Morgan fingerprint density at radius 3 is 3.00 bits per heavy atom. The van der Waals surface area contributed by atoms with Crippen LogP contribution >= 0.6 is 0 Å². The van der Waals surface area contributed by atoms with Gasteiger partial charge in [-0.2, -0.15) is 0 Å². The molecule has 1 saturated heterocycles. The first kappa shape index (κ1) is 12.2. The zero-order valence-electron chi connectivity index (χ0n) is 10.5. The Hall–Kier alpha value is -1.29. The summed E-state index contributed by atoms with van der Waals surface area (Å²) in [5.74, 6) is 0.881. The number of hydrogen-bond acceptors (Lipinski definition) is 3. The minimum atomic E-state index is 0.0948. The van der Waals surface area contributed by atoms with Crippen LogP contribution in [0.25, 0.3) is 0 Å². The minimum Gasteiger partial charge on any atom is -0.469 e. The van der Waals surface area contributed by atoms with E-state index in [1.54, 1.807) is 6.26 Å². The zero-order valence-corrected chi connectivity index (χ0v) is 10.5. The van der Waals surface area contributed by atoms with Crippen LogP contribution < -0.4 is 5.32 Å². The molecule has 0 bridgehead atoms. The Balaban J connectivity index is 2.12. The highest BCUT2D eigenvalue weighted by Gasteiger charge is 2.27. The second-order valence-corrected chi connectivity index (χ2v) is 4.59. The number of amides is 1. The second-order valence-electron chi connectivity index (χ2n) is 4.59. The van der Waals surface area contributed by atoms with Crippen molar-refractivity contribution in [2.45, 2.75) is 32.7 Å². The van der Waals surface area contributed by atoms with Crippen LogP contribution in [0.5, 0.6) is 0 Å². The van der Waals surface area contributed by atoms with E-state index in [0.717, 1.165) is 38.2 Å². The molecular weight excluding hydrogens is 216 g/mol. The molecular formula is C13H20N2O2. The Morgan fingerprint density at radius 2 is 2.47 bits per heavy atom. The SMILES string of the molecule is CCCN(C(=O)c1coc(C)c1)C1CCNC1. The van der Waals surface area contributed by atoms with Crippen molar-refractivity contribution in [1.82, 2.24) is 10.2 Å². The average Bonchev–Trinajstić information content (AvgIpc) is 2.95. The van der Waals surface area contributed by atoms with E-state index in [-0.39, 0.29) is 5.91 Å². The summed E-state index contributed by atoms with van der Waals surface area (Å²) in [7, 11) is 0. The van der Waals surface area contributed by atoms with Gasteiger partial charge in [-0.3, -0.25) is 4.79 Å². The third kappa shape index (κ3) is 2.69. The molecule has 1 aliphatic heterocycles. The molecule has 1 fully saturated rings. The summed E-state index contributed by atoms with van der Waals surface area (Å²) >= 11 is 0. The summed E-state index contributed by atoms with van der Waals surface area (Å²) < 4.78 is 5.21. The normalized spacial score (nSPS) is 19.5. The predicted octanol–water partition coefficient (Wildman–Crippen LogP) is 1.80. The molecule has 1 N–H and O–H groups in total. The monoisotopic (exact) mass is 236 g/mol. The number of rotatable bonds is 4. The molecule has 4 heteroatoms. The topological polar surface area (TPSA) is 45.5 Å². The molecule has 0 aliphatic carbocycles. The predicted molar refractivity (Wildman–Crippen MR) is 66.0 cm³/mol. The van der Waals surface area contributed by atoms with E-state index in [1.807, 2.05) is 17.9 Å². The van der Waals surface area contributed by atoms with Gasteiger partial charge in [0.15, 0.2) is 0 Å². The van der Waals surface area contributed by atoms with Crippen molar-refractivity contribution >= 4 is 5.91 Å². The third-order valence-electron chi connectivity index (χ3n) is 3.18. The Morgan fingerprint density at radius 1 is 1.65 bits per heavy atom. The first-order valence-electron chi connectivity index (χ1n) is 6.29. The lowest BCUT2D eigenvalue weighted by Gasteiger charge is -2.27. The lowest BCUT2D eigenvalue weighted by Crippen LogP contribution is -2.41. The molecule has 1 aliphatic rings. The van der Waals surface area contributed by atoms with Gasteiger partial charge in [-0.25, -0.2) is 0 Å². The lowest BCUT2D eigenvalue weighted by atomic mass is 10.1. The van der Waals surface area contributed by atoms with Crippen molar-refractivity contribution in [2.75, 3.05) is 19.6 Å². The molecule has 0 radical (unpaired) electrons. The molecule has 0 saturated carbocycles. The van der Waals surface area contributed by atoms with Crippen molar-refractivity contribution in [3.8, 4) is 0 Å². The molecule has 4 nitrogen and oxygen atoms in total. The van der Waals surface area contributed by atoms with Gasteiger partial charge in [0, 0.05) is 19.1 Å². The Kier molecular flexibility index (Phi) is 3.84. The van der Waals surface area contributed by atoms with Crippen molar-refractivity contribution in [3.63, 3.8) is 0 Å². The van der Waals surface area contributed by atoms with Crippen LogP contribution in [0.3, 0.4) is 0 Å². The standard InChI is InChI=1S/C13H20N2O2/c1-3-6-15(12-4-5-14-8-12)13(16)11-7-10(2)17-9-11/h7,9,12,14H,3-6,8H2,1-2H3. The van der Waals surface area contributed by atoms with Gasteiger partial charge in [0.25, 0.3) is 5.91 Å². The molecule has 1 atom stereocenters. The number of furan rings is 1. The van der Waals surface area contributed by atoms with Gasteiger partial charge in [-0.05, 0) is 32.4 Å². The van der Waals surface area contributed by atoms with E-state index < -0.39 is 0 Å². The van der Waals surface area contributed by atoms with E-state index in [2.05, 4.69) is 12.2 Å². The zero-order chi connectivity index (χ0) is 12.3. The van der Waals surface area contributed by atoms with Crippen LogP contribution in [0, 0.1) is 6.92 Å². The molecule has 1 amide bonds. The quantitative estimate of drug-likeness (QED) is 0.867. The van der Waals surface area contributed by atoms with Crippen LogP contribution in [-0.4, -0.2) is 36.5 Å². The number of nitrogens with zero attached hydrogens (tertiary/aromatic N) is 1. The van der Waals surface area contributed by atoms with E-state index >= 15 is 0 Å². The van der Waals surface area contributed by atoms with Crippen LogP contribution in [0.15, 0.2) is 16.7 Å². The summed E-state index contributed by atoms with van der Waals surface area (Å²) in [6.45, 7) is 6.68. The lowest BCUT2D eigenvalue weighted by molar-refractivity contribution is 0.0691. The van der Waals surface area contributed by atoms with Crippen molar-refractivity contribution < 1.29 is 9.21 Å². The number of hydrogen-bond donors (Lipinski definition) is 1. The van der Waals surface area contributed by atoms with Gasteiger partial charge in [0.05, 0.1) is 5.56 Å². The summed E-state index contributed by atoms with van der Waals surface area (Å²) in [4.78, 5) is 14.3. The van der Waals surface area contributed by atoms with E-state index in [0.29, 0.717) is 11.6 Å². The molecule has 17 heavy (non-hydrogen) atoms. The van der Waals surface area contributed by atoms with Crippen LogP contribution in [0.2, 0.25) is 0 Å². The van der Waals surface area contributed by atoms with E-state index in [4.69, 9.17) is 4.42 Å². The highest BCUT2D eigenvalue weighted by atomic mass is 16.3. The maximum absolute atomic E-state index is 12.4. The number of carbonyl (C=O) groups excluding carboxylic acids is 1. The molecule has 0 aromatic carbocycles. The summed E-state index contributed by atoms with van der Waals surface area (Å²) in [6, 6.07) is 2.14. The largest absolute Gasteiger partial charge is 0.469 e. The fourth-order valence-electron chi connectivity index (χ4n) is 2.32. The first-order chi connectivity index (χ1) is 8.22. The highest BCUT2D eigenvalue weighted by Crippen LogP contribution is 2.15. The molecule has 1 aromatic rings. The fraction of sp³-hybridized carbons (Fsp3) is 0.615.